The van der Waals surface area contributed by atoms with Crippen LogP contribution in [0.15, 0.2) is 0 Å². The molecule has 1 fully saturated rings. The minimum absolute atomic E-state index is 0.118. The van der Waals surface area contributed by atoms with Crippen molar-refractivity contribution in [1.29, 1.82) is 0 Å². The van der Waals surface area contributed by atoms with Crippen LogP contribution in [0, 0.1) is 5.41 Å². The van der Waals surface area contributed by atoms with Crippen LogP contribution in [0.1, 0.15) is 39.5 Å². The van der Waals surface area contributed by atoms with Crippen LogP contribution in [0.5, 0.6) is 0 Å². The lowest BCUT2D eigenvalue weighted by Gasteiger charge is -2.39. The van der Waals surface area contributed by atoms with Crippen molar-refractivity contribution in [3.63, 3.8) is 0 Å². The molecular formula is C11H22N2O. The van der Waals surface area contributed by atoms with E-state index in [0.717, 1.165) is 6.42 Å². The maximum Gasteiger partial charge on any atom is 0.234 e. The first kappa shape index (κ1) is 11.5. The summed E-state index contributed by atoms with van der Waals surface area (Å²) in [6.45, 7) is 4.92. The normalized spacial score (nSPS) is 25.8. The monoisotopic (exact) mass is 198 g/mol. The molecule has 0 saturated heterocycles. The van der Waals surface area contributed by atoms with Gasteiger partial charge in [-0.1, -0.05) is 26.7 Å². The van der Waals surface area contributed by atoms with Gasteiger partial charge in [0.15, 0.2) is 0 Å². The van der Waals surface area contributed by atoms with E-state index in [9.17, 15) is 4.79 Å². The molecule has 1 rings (SSSR count). The van der Waals surface area contributed by atoms with Gasteiger partial charge in [-0.25, -0.2) is 0 Å². The van der Waals surface area contributed by atoms with E-state index in [1.807, 2.05) is 0 Å². The molecule has 0 aromatic carbocycles. The number of amides is 1. The molecule has 0 heterocycles. The van der Waals surface area contributed by atoms with Crippen molar-refractivity contribution in [1.82, 2.24) is 10.6 Å². The average Bonchev–Trinajstić information content (AvgIpc) is 2.09. The smallest absolute Gasteiger partial charge is 0.234 e. The summed E-state index contributed by atoms with van der Waals surface area (Å²) in [5.41, 5.74) is 0.266. The molecule has 3 nitrogen and oxygen atoms in total. The zero-order chi connectivity index (χ0) is 10.6. The van der Waals surface area contributed by atoms with Crippen LogP contribution in [0.3, 0.4) is 0 Å². The number of rotatable bonds is 3. The van der Waals surface area contributed by atoms with Crippen molar-refractivity contribution in [2.24, 2.45) is 5.41 Å². The Labute approximate surface area is 86.6 Å². The Morgan fingerprint density at radius 2 is 2.14 bits per heavy atom. The number of hydrogen-bond donors (Lipinski definition) is 2. The molecule has 0 aromatic heterocycles. The van der Waals surface area contributed by atoms with Crippen molar-refractivity contribution < 1.29 is 4.79 Å². The molecule has 14 heavy (non-hydrogen) atoms. The van der Waals surface area contributed by atoms with Crippen LogP contribution in [0.4, 0.5) is 0 Å². The molecular weight excluding hydrogens is 176 g/mol. The first-order chi connectivity index (χ1) is 6.56. The van der Waals surface area contributed by atoms with Crippen molar-refractivity contribution in [3.8, 4) is 0 Å². The Morgan fingerprint density at radius 1 is 1.43 bits per heavy atom. The highest BCUT2D eigenvalue weighted by molar-refractivity contribution is 5.78. The Bertz CT molecular complexity index is 201. The van der Waals surface area contributed by atoms with Gasteiger partial charge in [-0.15, -0.1) is 0 Å². The number of carbonyl (C=O) groups excluding carboxylic acids is 1. The predicted octanol–water partition coefficient (Wildman–Crippen LogP) is 1.29. The summed E-state index contributed by atoms with van der Waals surface area (Å²) in [5, 5.41) is 5.98. The van der Waals surface area contributed by atoms with Gasteiger partial charge in [-0.3, -0.25) is 4.79 Å². The van der Waals surface area contributed by atoms with Gasteiger partial charge < -0.3 is 10.6 Å². The zero-order valence-electron chi connectivity index (χ0n) is 9.52. The van der Waals surface area contributed by atoms with Crippen LogP contribution in [0.2, 0.25) is 0 Å². The van der Waals surface area contributed by atoms with Gasteiger partial charge in [-0.05, 0) is 25.3 Å². The third-order valence-electron chi connectivity index (χ3n) is 3.18. The molecule has 0 radical (unpaired) electrons. The molecule has 1 saturated carbocycles. The Hall–Kier alpha value is -0.570. The molecule has 0 aliphatic heterocycles. The Balaban J connectivity index is 2.45. The molecule has 1 unspecified atom stereocenters. The highest BCUT2D eigenvalue weighted by Gasteiger charge is 2.32. The van der Waals surface area contributed by atoms with E-state index in [2.05, 4.69) is 24.5 Å². The molecule has 2 N–H and O–H groups in total. The summed E-state index contributed by atoms with van der Waals surface area (Å²) in [6, 6.07) is 0.358. The summed E-state index contributed by atoms with van der Waals surface area (Å²) in [7, 11) is 1.80. The number of nitrogens with one attached hydrogen (secondary N) is 2. The molecule has 0 bridgehead atoms. The van der Waals surface area contributed by atoms with E-state index >= 15 is 0 Å². The molecule has 1 atom stereocenters. The van der Waals surface area contributed by atoms with E-state index in [-0.39, 0.29) is 11.3 Å². The quantitative estimate of drug-likeness (QED) is 0.717. The van der Waals surface area contributed by atoms with Gasteiger partial charge in [0, 0.05) is 6.04 Å². The third-order valence-corrected chi connectivity index (χ3v) is 3.18. The van der Waals surface area contributed by atoms with Gasteiger partial charge in [0.2, 0.25) is 5.91 Å². The Kier molecular flexibility index (Phi) is 3.93. The van der Waals surface area contributed by atoms with E-state index < -0.39 is 0 Å². The maximum atomic E-state index is 11.4. The molecule has 0 spiro atoms. The summed E-state index contributed by atoms with van der Waals surface area (Å²) >= 11 is 0. The van der Waals surface area contributed by atoms with Gasteiger partial charge in [0.25, 0.3) is 0 Å². The SMILES string of the molecule is CNCC(=O)NC1CCCCC1(C)C. The van der Waals surface area contributed by atoms with Crippen LogP contribution in [-0.2, 0) is 4.79 Å². The summed E-state index contributed by atoms with van der Waals surface area (Å²) in [4.78, 5) is 11.4. The van der Waals surface area contributed by atoms with E-state index in [4.69, 9.17) is 0 Å². The van der Waals surface area contributed by atoms with Crippen molar-refractivity contribution >= 4 is 5.91 Å². The molecule has 1 aliphatic carbocycles. The molecule has 82 valence electrons. The minimum Gasteiger partial charge on any atom is -0.352 e. The lowest BCUT2D eigenvalue weighted by atomic mass is 9.73. The Morgan fingerprint density at radius 3 is 2.71 bits per heavy atom. The van der Waals surface area contributed by atoms with Crippen LogP contribution in [0.25, 0.3) is 0 Å². The lowest BCUT2D eigenvalue weighted by Crippen LogP contribution is -2.48. The second-order valence-electron chi connectivity index (χ2n) is 4.88. The van der Waals surface area contributed by atoms with Crippen LogP contribution in [-0.4, -0.2) is 25.5 Å². The van der Waals surface area contributed by atoms with Crippen LogP contribution < -0.4 is 10.6 Å². The minimum atomic E-state index is 0.118. The first-order valence-electron chi connectivity index (χ1n) is 5.50. The fraction of sp³-hybridized carbons (Fsp3) is 0.909. The van der Waals surface area contributed by atoms with E-state index in [1.54, 1.807) is 7.05 Å². The van der Waals surface area contributed by atoms with Gasteiger partial charge in [0.1, 0.15) is 0 Å². The molecule has 1 amide bonds. The van der Waals surface area contributed by atoms with Crippen molar-refractivity contribution in [3.05, 3.63) is 0 Å². The summed E-state index contributed by atoms with van der Waals surface area (Å²) in [5.74, 6) is 0.118. The lowest BCUT2D eigenvalue weighted by molar-refractivity contribution is -0.122. The second kappa shape index (κ2) is 4.78. The predicted molar refractivity (Wildman–Crippen MR) is 58.1 cm³/mol. The fourth-order valence-electron chi connectivity index (χ4n) is 2.17. The summed E-state index contributed by atoms with van der Waals surface area (Å²) in [6.07, 6.45) is 4.89. The molecule has 0 aromatic rings. The van der Waals surface area contributed by atoms with Gasteiger partial charge in [-0.2, -0.15) is 0 Å². The molecule has 1 aliphatic rings. The number of carbonyl (C=O) groups is 1. The largest absolute Gasteiger partial charge is 0.352 e. The van der Waals surface area contributed by atoms with Crippen LogP contribution >= 0.6 is 0 Å². The van der Waals surface area contributed by atoms with Crippen molar-refractivity contribution in [2.45, 2.75) is 45.6 Å². The first-order valence-corrected chi connectivity index (χ1v) is 5.50. The third kappa shape index (κ3) is 2.98. The number of likely N-dealkylation sites (N-methyl/N-ethyl adjacent to an activating group) is 1. The topological polar surface area (TPSA) is 41.1 Å². The standard InChI is InChI=1S/C11H22N2O/c1-11(2)7-5-4-6-9(11)13-10(14)8-12-3/h9,12H,4-8H2,1-3H3,(H,13,14). The zero-order valence-corrected chi connectivity index (χ0v) is 9.52. The average molecular weight is 198 g/mol. The van der Waals surface area contributed by atoms with Crippen molar-refractivity contribution in [2.75, 3.05) is 13.6 Å². The van der Waals surface area contributed by atoms with E-state index in [0.29, 0.717) is 12.6 Å². The molecule has 3 heteroatoms. The maximum absolute atomic E-state index is 11.4. The highest BCUT2D eigenvalue weighted by Crippen LogP contribution is 2.35. The second-order valence-corrected chi connectivity index (χ2v) is 4.88. The highest BCUT2D eigenvalue weighted by atomic mass is 16.1. The van der Waals surface area contributed by atoms with Gasteiger partial charge >= 0.3 is 0 Å². The summed E-state index contributed by atoms with van der Waals surface area (Å²) < 4.78 is 0. The fourth-order valence-corrected chi connectivity index (χ4v) is 2.17. The number of hydrogen-bond acceptors (Lipinski definition) is 2. The van der Waals surface area contributed by atoms with E-state index in [1.165, 1.54) is 19.3 Å². The van der Waals surface area contributed by atoms with Gasteiger partial charge in [0.05, 0.1) is 6.54 Å².